The third-order valence-electron chi connectivity index (χ3n) is 2.57. The molecule has 2 amide bonds. The molecule has 0 bridgehead atoms. The monoisotopic (exact) mass is 293 g/mol. The smallest absolute Gasteiger partial charge is 0.237 e. The van der Waals surface area contributed by atoms with E-state index < -0.39 is 21.5 Å². The summed E-state index contributed by atoms with van der Waals surface area (Å²) in [6.45, 7) is 5.14. The average Bonchev–Trinajstić information content (AvgIpc) is 2.35. The van der Waals surface area contributed by atoms with Crippen LogP contribution in [-0.2, 0) is 19.4 Å². The summed E-state index contributed by atoms with van der Waals surface area (Å²) in [4.78, 5) is 24.4. The second-order valence-corrected chi connectivity index (χ2v) is 6.23. The maximum absolute atomic E-state index is 11.7. The minimum absolute atomic E-state index is 0.145. The van der Waals surface area contributed by atoms with Crippen molar-refractivity contribution in [1.82, 2.24) is 10.2 Å². The quantitative estimate of drug-likeness (QED) is 0.551. The number of hydrogen-bond acceptors (Lipinski definition) is 5. The van der Waals surface area contributed by atoms with Crippen LogP contribution >= 0.6 is 0 Å². The van der Waals surface area contributed by atoms with Gasteiger partial charge in [0.15, 0.2) is 9.84 Å². The van der Waals surface area contributed by atoms with E-state index in [1.165, 1.54) is 4.90 Å². The van der Waals surface area contributed by atoms with Crippen LogP contribution in [0.15, 0.2) is 0 Å². The predicted molar refractivity (Wildman–Crippen MR) is 73.3 cm³/mol. The first-order valence-corrected chi connectivity index (χ1v) is 8.13. The second-order valence-electron chi connectivity index (χ2n) is 4.05. The number of amides is 2. The molecule has 0 aliphatic heterocycles. The molecule has 112 valence electrons. The van der Waals surface area contributed by atoms with Gasteiger partial charge in [0.2, 0.25) is 11.8 Å². The number of sulfone groups is 1. The Morgan fingerprint density at radius 1 is 1.21 bits per heavy atom. The van der Waals surface area contributed by atoms with Crippen molar-refractivity contribution in [2.24, 2.45) is 5.73 Å². The molecule has 19 heavy (non-hydrogen) atoms. The summed E-state index contributed by atoms with van der Waals surface area (Å²) in [5.41, 5.74) is 5.21. The Balaban J connectivity index is 4.26. The van der Waals surface area contributed by atoms with Crippen LogP contribution in [0.3, 0.4) is 0 Å². The molecular weight excluding hydrogens is 270 g/mol. The van der Waals surface area contributed by atoms with Crippen molar-refractivity contribution in [1.29, 1.82) is 0 Å². The number of carbonyl (C=O) groups is 2. The predicted octanol–water partition coefficient (Wildman–Crippen LogP) is -1.27. The largest absolute Gasteiger partial charge is 0.355 e. The van der Waals surface area contributed by atoms with Crippen molar-refractivity contribution in [3.05, 3.63) is 0 Å². The Bertz CT molecular complexity index is 391. The van der Waals surface area contributed by atoms with Crippen LogP contribution in [-0.4, -0.2) is 62.8 Å². The first-order chi connectivity index (χ1) is 8.86. The Labute approximate surface area is 114 Å². The molecule has 8 heteroatoms. The first-order valence-electron chi connectivity index (χ1n) is 6.31. The van der Waals surface area contributed by atoms with E-state index in [-0.39, 0.29) is 18.1 Å². The molecule has 0 aromatic heterocycles. The van der Waals surface area contributed by atoms with Gasteiger partial charge in [0.05, 0.1) is 5.75 Å². The van der Waals surface area contributed by atoms with Crippen molar-refractivity contribution < 1.29 is 18.0 Å². The highest BCUT2D eigenvalue weighted by molar-refractivity contribution is 7.92. The minimum atomic E-state index is -3.55. The van der Waals surface area contributed by atoms with Crippen LogP contribution in [0, 0.1) is 0 Å². The Morgan fingerprint density at radius 3 is 2.26 bits per heavy atom. The molecule has 0 unspecified atom stereocenters. The molecule has 3 N–H and O–H groups in total. The molecule has 0 radical (unpaired) electrons. The standard InChI is InChI=1S/C11H23N3O4S/c1-3-14(4-2)11(16)9-19(17,18)8-5-10(15)13-7-6-12/h3-9,12H2,1-2H3,(H,13,15). The Morgan fingerprint density at radius 2 is 1.79 bits per heavy atom. The fourth-order valence-electron chi connectivity index (χ4n) is 1.48. The number of nitrogens with zero attached hydrogens (tertiary/aromatic N) is 1. The molecular formula is C11H23N3O4S. The van der Waals surface area contributed by atoms with E-state index in [9.17, 15) is 18.0 Å². The lowest BCUT2D eigenvalue weighted by Gasteiger charge is -2.18. The van der Waals surface area contributed by atoms with Crippen LogP contribution in [0.2, 0.25) is 0 Å². The number of hydrogen-bond donors (Lipinski definition) is 2. The third-order valence-corrected chi connectivity index (χ3v) is 4.08. The lowest BCUT2D eigenvalue weighted by atomic mass is 10.4. The average molecular weight is 293 g/mol. The molecule has 0 spiro atoms. The van der Waals surface area contributed by atoms with Gasteiger partial charge >= 0.3 is 0 Å². The summed E-state index contributed by atoms with van der Waals surface area (Å²) in [5.74, 6) is -1.66. The maximum Gasteiger partial charge on any atom is 0.237 e. The fourth-order valence-corrected chi connectivity index (χ4v) is 2.68. The minimum Gasteiger partial charge on any atom is -0.355 e. The zero-order valence-electron chi connectivity index (χ0n) is 11.5. The highest BCUT2D eigenvalue weighted by atomic mass is 32.2. The molecule has 0 aromatic carbocycles. The Kier molecular flexibility index (Phi) is 8.33. The van der Waals surface area contributed by atoms with Crippen molar-refractivity contribution >= 4 is 21.7 Å². The van der Waals surface area contributed by atoms with Gasteiger partial charge in [-0.15, -0.1) is 0 Å². The third kappa shape index (κ3) is 7.78. The van der Waals surface area contributed by atoms with Crippen molar-refractivity contribution in [3.63, 3.8) is 0 Å². The summed E-state index contributed by atoms with van der Waals surface area (Å²) >= 11 is 0. The van der Waals surface area contributed by atoms with Gasteiger partial charge in [-0.05, 0) is 13.8 Å². The molecule has 0 heterocycles. The van der Waals surface area contributed by atoms with E-state index in [2.05, 4.69) is 5.32 Å². The molecule has 0 saturated heterocycles. The van der Waals surface area contributed by atoms with E-state index in [4.69, 9.17) is 5.73 Å². The lowest BCUT2D eigenvalue weighted by Crippen LogP contribution is -2.37. The van der Waals surface area contributed by atoms with Crippen LogP contribution in [0.5, 0.6) is 0 Å². The lowest BCUT2D eigenvalue weighted by molar-refractivity contribution is -0.128. The van der Waals surface area contributed by atoms with E-state index in [1.54, 1.807) is 13.8 Å². The topological polar surface area (TPSA) is 110 Å². The van der Waals surface area contributed by atoms with Crippen LogP contribution < -0.4 is 11.1 Å². The van der Waals surface area contributed by atoms with Gasteiger partial charge in [-0.1, -0.05) is 0 Å². The van der Waals surface area contributed by atoms with Gasteiger partial charge in [0.1, 0.15) is 5.75 Å². The second kappa shape index (κ2) is 8.87. The molecule has 0 fully saturated rings. The van der Waals surface area contributed by atoms with Crippen molar-refractivity contribution in [3.8, 4) is 0 Å². The van der Waals surface area contributed by atoms with Gasteiger partial charge in [-0.3, -0.25) is 9.59 Å². The highest BCUT2D eigenvalue weighted by Gasteiger charge is 2.21. The summed E-state index contributed by atoms with van der Waals surface area (Å²) < 4.78 is 23.4. The number of carbonyl (C=O) groups excluding carboxylic acids is 2. The molecule has 0 aromatic rings. The summed E-state index contributed by atoms with van der Waals surface area (Å²) in [5, 5.41) is 2.48. The van der Waals surface area contributed by atoms with Gasteiger partial charge in [-0.2, -0.15) is 0 Å². The number of nitrogens with one attached hydrogen (secondary N) is 1. The number of nitrogens with two attached hydrogens (primary N) is 1. The summed E-state index contributed by atoms with van der Waals surface area (Å²) in [6.07, 6.45) is -0.145. The Hall–Kier alpha value is -1.15. The van der Waals surface area contributed by atoms with E-state index in [0.717, 1.165) is 0 Å². The molecule has 0 atom stereocenters. The van der Waals surface area contributed by atoms with Gasteiger partial charge in [0, 0.05) is 32.6 Å². The van der Waals surface area contributed by atoms with E-state index in [0.29, 0.717) is 26.2 Å². The molecule has 0 aliphatic carbocycles. The van der Waals surface area contributed by atoms with Crippen molar-refractivity contribution in [2.75, 3.05) is 37.7 Å². The van der Waals surface area contributed by atoms with Gasteiger partial charge in [-0.25, -0.2) is 8.42 Å². The van der Waals surface area contributed by atoms with E-state index >= 15 is 0 Å². The zero-order chi connectivity index (χ0) is 14.9. The van der Waals surface area contributed by atoms with Gasteiger partial charge in [0.25, 0.3) is 0 Å². The molecule has 7 nitrogen and oxygen atoms in total. The zero-order valence-corrected chi connectivity index (χ0v) is 12.3. The molecule has 0 saturated carbocycles. The molecule has 0 rings (SSSR count). The summed E-state index contributed by atoms with van der Waals surface area (Å²) in [7, 11) is -3.55. The summed E-state index contributed by atoms with van der Waals surface area (Å²) in [6, 6.07) is 0. The highest BCUT2D eigenvalue weighted by Crippen LogP contribution is 1.99. The first kappa shape index (κ1) is 17.8. The SMILES string of the molecule is CCN(CC)C(=O)CS(=O)(=O)CCC(=O)NCCN. The van der Waals surface area contributed by atoms with E-state index in [1.807, 2.05) is 0 Å². The normalized spacial score (nSPS) is 11.1. The van der Waals surface area contributed by atoms with Crippen LogP contribution in [0.4, 0.5) is 0 Å². The fraction of sp³-hybridized carbons (Fsp3) is 0.818. The van der Waals surface area contributed by atoms with Crippen LogP contribution in [0.1, 0.15) is 20.3 Å². The molecule has 0 aliphatic rings. The number of rotatable bonds is 9. The van der Waals surface area contributed by atoms with Gasteiger partial charge < -0.3 is 16.0 Å². The van der Waals surface area contributed by atoms with Crippen LogP contribution in [0.25, 0.3) is 0 Å². The van der Waals surface area contributed by atoms with Crippen molar-refractivity contribution in [2.45, 2.75) is 20.3 Å². The maximum atomic E-state index is 11.7.